The number of carbonyl (C=O) groups excluding carboxylic acids is 1. The maximum Gasteiger partial charge on any atom is 0.308 e. The summed E-state index contributed by atoms with van der Waals surface area (Å²) in [6.45, 7) is 3.73. The number of nitro groups is 1. The second-order valence-corrected chi connectivity index (χ2v) is 4.56. The Labute approximate surface area is 115 Å². The molecule has 110 valence electrons. The highest BCUT2D eigenvalue weighted by Gasteiger charge is 2.24. The Bertz CT molecular complexity index is 521. The summed E-state index contributed by atoms with van der Waals surface area (Å²) in [5, 5.41) is 13.1. The summed E-state index contributed by atoms with van der Waals surface area (Å²) in [6, 6.07) is 0.890. The summed E-state index contributed by atoms with van der Waals surface area (Å²) >= 11 is 0. The van der Waals surface area contributed by atoms with Crippen LogP contribution in [0.15, 0.2) is 12.1 Å². The van der Waals surface area contributed by atoms with Crippen LogP contribution >= 0.6 is 0 Å². The van der Waals surface area contributed by atoms with Crippen LogP contribution in [0.1, 0.15) is 43.5 Å². The van der Waals surface area contributed by atoms with Gasteiger partial charge in [0.2, 0.25) is 5.82 Å². The van der Waals surface area contributed by atoms with E-state index >= 15 is 0 Å². The van der Waals surface area contributed by atoms with Gasteiger partial charge < -0.3 is 5.32 Å². The lowest BCUT2D eigenvalue weighted by Crippen LogP contribution is -2.33. The first kappa shape index (κ1) is 16.0. The van der Waals surface area contributed by atoms with Gasteiger partial charge in [0.25, 0.3) is 5.91 Å². The smallest absolute Gasteiger partial charge is 0.308 e. The van der Waals surface area contributed by atoms with E-state index in [-0.39, 0.29) is 6.04 Å². The van der Waals surface area contributed by atoms with Crippen molar-refractivity contribution < 1.29 is 18.5 Å². The number of nitrogens with one attached hydrogen (secondary N) is 1. The molecule has 0 aliphatic carbocycles. The van der Waals surface area contributed by atoms with E-state index in [0.717, 1.165) is 12.8 Å². The minimum Gasteiger partial charge on any atom is -0.349 e. The van der Waals surface area contributed by atoms with Crippen molar-refractivity contribution in [2.45, 2.75) is 39.2 Å². The molecule has 1 N–H and O–H groups in total. The number of nitrogens with zero attached hydrogens (tertiary/aromatic N) is 1. The summed E-state index contributed by atoms with van der Waals surface area (Å²) in [5.74, 6) is -3.20. The van der Waals surface area contributed by atoms with Crippen LogP contribution in [0.3, 0.4) is 0 Å². The largest absolute Gasteiger partial charge is 0.349 e. The van der Waals surface area contributed by atoms with Gasteiger partial charge in [0.15, 0.2) is 0 Å². The van der Waals surface area contributed by atoms with Crippen molar-refractivity contribution in [2.24, 2.45) is 0 Å². The molecule has 5 nitrogen and oxygen atoms in total. The minimum atomic E-state index is -1.32. The van der Waals surface area contributed by atoms with Gasteiger partial charge in [-0.05, 0) is 19.4 Å². The van der Waals surface area contributed by atoms with Crippen molar-refractivity contribution in [1.82, 2.24) is 5.32 Å². The summed E-state index contributed by atoms with van der Waals surface area (Å²) in [6.07, 6.45) is 2.52. The molecular weight excluding hydrogens is 270 g/mol. The van der Waals surface area contributed by atoms with Gasteiger partial charge in [-0.2, -0.15) is 4.39 Å². The van der Waals surface area contributed by atoms with E-state index < -0.39 is 33.7 Å². The van der Waals surface area contributed by atoms with E-state index in [0.29, 0.717) is 18.6 Å². The predicted molar refractivity (Wildman–Crippen MR) is 69.5 cm³/mol. The molecule has 1 amide bonds. The van der Waals surface area contributed by atoms with Crippen LogP contribution in [0.25, 0.3) is 0 Å². The minimum absolute atomic E-state index is 0.218. The Morgan fingerprint density at radius 3 is 2.65 bits per heavy atom. The molecule has 0 aliphatic heterocycles. The molecule has 1 atom stereocenters. The highest BCUT2D eigenvalue weighted by molar-refractivity contribution is 5.95. The van der Waals surface area contributed by atoms with E-state index in [1.165, 1.54) is 0 Å². The van der Waals surface area contributed by atoms with Gasteiger partial charge in [0.1, 0.15) is 5.82 Å². The average Bonchev–Trinajstić information content (AvgIpc) is 2.38. The van der Waals surface area contributed by atoms with Crippen molar-refractivity contribution in [1.29, 1.82) is 0 Å². The standard InChI is InChI=1S/C13H16F2N2O3/c1-3-4-5-8(2)16-13(18)10-6-9(14)7-11(12(10)15)17(19)20/h6-8H,3-5H2,1-2H3,(H,16,18). The first-order chi connectivity index (χ1) is 9.36. The summed E-state index contributed by atoms with van der Waals surface area (Å²) in [5.41, 5.74) is -1.70. The number of rotatable bonds is 6. The zero-order valence-electron chi connectivity index (χ0n) is 11.3. The SMILES string of the molecule is CCCCC(C)NC(=O)c1cc(F)cc([N+](=O)[O-])c1F. The first-order valence-corrected chi connectivity index (χ1v) is 6.31. The van der Waals surface area contributed by atoms with E-state index in [2.05, 4.69) is 5.32 Å². The van der Waals surface area contributed by atoms with Crippen LogP contribution in [-0.4, -0.2) is 16.9 Å². The maximum absolute atomic E-state index is 13.8. The lowest BCUT2D eigenvalue weighted by Gasteiger charge is -2.13. The number of carbonyl (C=O) groups is 1. The number of amides is 1. The van der Waals surface area contributed by atoms with Crippen molar-refractivity contribution in [3.05, 3.63) is 39.4 Å². The molecule has 0 fully saturated rings. The molecule has 0 bridgehead atoms. The van der Waals surface area contributed by atoms with Gasteiger partial charge in [-0.3, -0.25) is 14.9 Å². The number of hydrogen-bond donors (Lipinski definition) is 1. The average molecular weight is 286 g/mol. The topological polar surface area (TPSA) is 72.2 Å². The van der Waals surface area contributed by atoms with Crippen molar-refractivity contribution in [3.8, 4) is 0 Å². The molecule has 1 aromatic rings. The van der Waals surface area contributed by atoms with E-state index in [1.54, 1.807) is 6.92 Å². The summed E-state index contributed by atoms with van der Waals surface area (Å²) in [7, 11) is 0. The van der Waals surface area contributed by atoms with Crippen LogP contribution in [0, 0.1) is 21.7 Å². The Morgan fingerprint density at radius 1 is 1.45 bits per heavy atom. The zero-order chi connectivity index (χ0) is 15.3. The Balaban J connectivity index is 2.96. The number of benzene rings is 1. The van der Waals surface area contributed by atoms with Gasteiger partial charge in [0, 0.05) is 6.04 Å². The molecule has 0 radical (unpaired) electrons. The molecule has 1 aromatic carbocycles. The van der Waals surface area contributed by atoms with Gasteiger partial charge in [-0.15, -0.1) is 0 Å². The molecule has 20 heavy (non-hydrogen) atoms. The van der Waals surface area contributed by atoms with E-state index in [4.69, 9.17) is 0 Å². The highest BCUT2D eigenvalue weighted by atomic mass is 19.1. The van der Waals surface area contributed by atoms with Crippen LogP contribution in [-0.2, 0) is 0 Å². The fourth-order valence-electron chi connectivity index (χ4n) is 1.76. The third-order valence-electron chi connectivity index (χ3n) is 2.83. The monoisotopic (exact) mass is 286 g/mol. The van der Waals surface area contributed by atoms with E-state index in [1.807, 2.05) is 6.92 Å². The third-order valence-corrected chi connectivity index (χ3v) is 2.83. The molecule has 0 spiro atoms. The summed E-state index contributed by atoms with van der Waals surface area (Å²) in [4.78, 5) is 21.3. The molecule has 0 saturated heterocycles. The first-order valence-electron chi connectivity index (χ1n) is 6.31. The Morgan fingerprint density at radius 2 is 2.10 bits per heavy atom. The van der Waals surface area contributed by atoms with Crippen molar-refractivity contribution in [2.75, 3.05) is 0 Å². The van der Waals surface area contributed by atoms with Gasteiger partial charge in [0.05, 0.1) is 16.6 Å². The Hall–Kier alpha value is -2.05. The van der Waals surface area contributed by atoms with Crippen LogP contribution in [0.2, 0.25) is 0 Å². The second-order valence-electron chi connectivity index (χ2n) is 4.56. The van der Waals surface area contributed by atoms with Gasteiger partial charge in [-0.1, -0.05) is 19.8 Å². The molecule has 7 heteroatoms. The molecule has 0 saturated carbocycles. The fourth-order valence-corrected chi connectivity index (χ4v) is 1.76. The van der Waals surface area contributed by atoms with Crippen molar-refractivity contribution >= 4 is 11.6 Å². The highest BCUT2D eigenvalue weighted by Crippen LogP contribution is 2.22. The van der Waals surface area contributed by atoms with E-state index in [9.17, 15) is 23.7 Å². The van der Waals surface area contributed by atoms with Crippen molar-refractivity contribution in [3.63, 3.8) is 0 Å². The molecule has 1 rings (SSSR count). The molecule has 0 heterocycles. The normalized spacial score (nSPS) is 12.0. The maximum atomic E-state index is 13.8. The zero-order valence-corrected chi connectivity index (χ0v) is 11.3. The number of unbranched alkanes of at least 4 members (excludes halogenated alkanes) is 1. The lowest BCUT2D eigenvalue weighted by molar-refractivity contribution is -0.387. The van der Waals surface area contributed by atoms with Crippen LogP contribution < -0.4 is 5.32 Å². The molecule has 1 unspecified atom stereocenters. The van der Waals surface area contributed by atoms with Crippen LogP contribution in [0.5, 0.6) is 0 Å². The fraction of sp³-hybridized carbons (Fsp3) is 0.462. The molecule has 0 aliphatic rings. The summed E-state index contributed by atoms with van der Waals surface area (Å²) < 4.78 is 27.0. The quantitative estimate of drug-likeness (QED) is 0.644. The number of nitro benzene ring substituents is 1. The number of halogens is 2. The lowest BCUT2D eigenvalue weighted by atomic mass is 10.1. The van der Waals surface area contributed by atoms with Crippen LogP contribution in [0.4, 0.5) is 14.5 Å². The second kappa shape index (κ2) is 6.93. The van der Waals surface area contributed by atoms with Gasteiger partial charge >= 0.3 is 5.69 Å². The number of hydrogen-bond acceptors (Lipinski definition) is 3. The Kier molecular flexibility index (Phi) is 5.54. The third kappa shape index (κ3) is 3.97. The predicted octanol–water partition coefficient (Wildman–Crippen LogP) is 3.18. The molecule has 0 aromatic heterocycles. The van der Waals surface area contributed by atoms with Gasteiger partial charge in [-0.25, -0.2) is 4.39 Å². The molecular formula is C13H16F2N2O3.